The molecular formula is C26H28N4O. The number of nitrogens with zero attached hydrogens (tertiary/aromatic N) is 3. The van der Waals surface area contributed by atoms with Gasteiger partial charge in [0, 0.05) is 41.6 Å². The van der Waals surface area contributed by atoms with Crippen molar-refractivity contribution in [1.82, 2.24) is 4.98 Å². The summed E-state index contributed by atoms with van der Waals surface area (Å²) in [6.45, 7) is 3.81. The summed E-state index contributed by atoms with van der Waals surface area (Å²) < 4.78 is 5.66. The molecule has 2 heterocycles. The lowest BCUT2D eigenvalue weighted by molar-refractivity contribution is -0.000372. The fourth-order valence-electron chi connectivity index (χ4n) is 5.66. The first-order valence-corrected chi connectivity index (χ1v) is 11.0. The molecule has 31 heavy (non-hydrogen) atoms. The van der Waals surface area contributed by atoms with Gasteiger partial charge in [0.2, 0.25) is 0 Å². The maximum atomic E-state index is 6.31. The van der Waals surface area contributed by atoms with Crippen molar-refractivity contribution in [3.63, 3.8) is 0 Å². The Labute approximate surface area is 183 Å². The van der Waals surface area contributed by atoms with Gasteiger partial charge < -0.3 is 10.5 Å². The summed E-state index contributed by atoms with van der Waals surface area (Å²) in [5.74, 6) is 6.62. The molecule has 1 saturated carbocycles. The fraction of sp³-hybridized carbons (Fsp3) is 0.423. The molecule has 2 N–H and O–H groups in total. The molecule has 5 rings (SSSR count). The van der Waals surface area contributed by atoms with Gasteiger partial charge in [-0.3, -0.25) is 9.98 Å². The first-order chi connectivity index (χ1) is 15.0. The van der Waals surface area contributed by atoms with Gasteiger partial charge in [-0.25, -0.2) is 4.99 Å². The third-order valence-electron chi connectivity index (χ3n) is 7.30. The molecule has 0 unspecified atom stereocenters. The number of rotatable bonds is 2. The van der Waals surface area contributed by atoms with Crippen molar-refractivity contribution in [2.24, 2.45) is 21.1 Å². The van der Waals surface area contributed by atoms with Gasteiger partial charge in [-0.1, -0.05) is 18.1 Å². The highest BCUT2D eigenvalue weighted by molar-refractivity contribution is 6.41. The summed E-state index contributed by atoms with van der Waals surface area (Å²) in [5.41, 5.74) is 12.1. The predicted molar refractivity (Wildman–Crippen MR) is 124 cm³/mol. The zero-order chi connectivity index (χ0) is 21.6. The molecule has 0 saturated heterocycles. The summed E-state index contributed by atoms with van der Waals surface area (Å²) in [6, 6.07) is 8.78. The molecule has 2 aromatic rings. The molecule has 5 heteroatoms. The van der Waals surface area contributed by atoms with Gasteiger partial charge in [-0.2, -0.15) is 0 Å². The monoisotopic (exact) mass is 412 g/mol. The van der Waals surface area contributed by atoms with Crippen LogP contribution in [0.5, 0.6) is 0 Å². The van der Waals surface area contributed by atoms with Gasteiger partial charge in [0.1, 0.15) is 5.84 Å². The molecule has 1 aromatic carbocycles. The van der Waals surface area contributed by atoms with Crippen LogP contribution >= 0.6 is 0 Å². The molecule has 1 fully saturated rings. The number of benzene rings is 1. The molecule has 1 aromatic heterocycles. The van der Waals surface area contributed by atoms with E-state index in [1.54, 1.807) is 6.20 Å². The maximum Gasteiger partial charge on any atom is 0.184 e. The maximum absolute atomic E-state index is 6.31. The topological polar surface area (TPSA) is 72.9 Å². The highest BCUT2D eigenvalue weighted by atomic mass is 16.5. The second-order valence-electron chi connectivity index (χ2n) is 8.97. The van der Waals surface area contributed by atoms with Crippen LogP contribution in [0.1, 0.15) is 56.2 Å². The largest absolute Gasteiger partial charge is 0.382 e. The molecule has 3 aliphatic rings. The van der Waals surface area contributed by atoms with Crippen LogP contribution in [-0.4, -0.2) is 29.7 Å². The molecule has 1 atom stereocenters. The summed E-state index contributed by atoms with van der Waals surface area (Å²) >= 11 is 0. The summed E-state index contributed by atoms with van der Waals surface area (Å²) in [4.78, 5) is 14.6. The lowest BCUT2D eigenvalue weighted by Gasteiger charge is -2.44. The van der Waals surface area contributed by atoms with Crippen LogP contribution in [0, 0.1) is 17.3 Å². The van der Waals surface area contributed by atoms with Gasteiger partial charge in [0.25, 0.3) is 0 Å². The molecule has 2 spiro atoms. The molecule has 2 aliphatic carbocycles. The molecule has 0 amide bonds. The minimum atomic E-state index is -0.626. The van der Waals surface area contributed by atoms with E-state index in [1.165, 1.54) is 11.1 Å². The van der Waals surface area contributed by atoms with Crippen molar-refractivity contribution >= 4 is 11.5 Å². The van der Waals surface area contributed by atoms with E-state index < -0.39 is 5.66 Å². The lowest BCUT2D eigenvalue weighted by atomic mass is 9.65. The highest BCUT2D eigenvalue weighted by Crippen LogP contribution is 2.62. The number of nitrogens with two attached hydrogens (primary N) is 1. The number of methoxy groups -OCH3 is 1. The van der Waals surface area contributed by atoms with Crippen LogP contribution in [0.2, 0.25) is 0 Å². The van der Waals surface area contributed by atoms with E-state index in [0.717, 1.165) is 54.5 Å². The molecule has 5 nitrogen and oxygen atoms in total. The number of hydrogen-bond acceptors (Lipinski definition) is 5. The van der Waals surface area contributed by atoms with E-state index >= 15 is 0 Å². The van der Waals surface area contributed by atoms with Crippen molar-refractivity contribution < 1.29 is 4.74 Å². The molecular weight excluding hydrogens is 384 g/mol. The SMILES string of the molecule is CC#Cc1cncc(-c2ccc3c(c2)[C@@]2(N=C(C)C(N)=N2)C2(CCC(OC)CC2)C3)c1. The van der Waals surface area contributed by atoms with Gasteiger partial charge in [0.15, 0.2) is 5.66 Å². The van der Waals surface area contributed by atoms with Crippen molar-refractivity contribution in [2.75, 3.05) is 7.11 Å². The van der Waals surface area contributed by atoms with E-state index in [1.807, 2.05) is 27.2 Å². The average molecular weight is 413 g/mol. The second-order valence-corrected chi connectivity index (χ2v) is 8.97. The van der Waals surface area contributed by atoms with Gasteiger partial charge >= 0.3 is 0 Å². The number of aromatic nitrogens is 1. The Kier molecular flexibility index (Phi) is 4.71. The third kappa shape index (κ3) is 3.01. The smallest absolute Gasteiger partial charge is 0.184 e. The van der Waals surface area contributed by atoms with E-state index in [9.17, 15) is 0 Å². The number of aliphatic imine (C=N–C) groups is 2. The molecule has 0 bridgehead atoms. The molecule has 1 aliphatic heterocycles. The number of fused-ring (bicyclic) bond motifs is 3. The zero-order valence-corrected chi connectivity index (χ0v) is 18.4. The van der Waals surface area contributed by atoms with Crippen LogP contribution in [0.4, 0.5) is 0 Å². The Morgan fingerprint density at radius 2 is 1.90 bits per heavy atom. The zero-order valence-electron chi connectivity index (χ0n) is 18.4. The van der Waals surface area contributed by atoms with Crippen molar-refractivity contribution in [3.8, 4) is 23.0 Å². The summed E-state index contributed by atoms with van der Waals surface area (Å²) in [6.07, 6.45) is 9.13. The Morgan fingerprint density at radius 1 is 1.10 bits per heavy atom. The normalized spacial score (nSPS) is 28.8. The Balaban J connectivity index is 1.63. The van der Waals surface area contributed by atoms with Crippen LogP contribution in [-0.2, 0) is 16.8 Å². The van der Waals surface area contributed by atoms with Crippen molar-refractivity contribution in [3.05, 3.63) is 53.3 Å². The summed E-state index contributed by atoms with van der Waals surface area (Å²) in [5, 5.41) is 0. The fourth-order valence-corrected chi connectivity index (χ4v) is 5.66. The van der Waals surface area contributed by atoms with E-state index in [4.69, 9.17) is 20.5 Å². The average Bonchev–Trinajstić information content (AvgIpc) is 3.22. The predicted octanol–water partition coefficient (Wildman–Crippen LogP) is 4.24. The number of hydrogen-bond donors (Lipinski definition) is 1. The molecule has 158 valence electrons. The van der Waals surface area contributed by atoms with Gasteiger partial charge in [-0.15, -0.1) is 5.92 Å². The Bertz CT molecular complexity index is 1140. The van der Waals surface area contributed by atoms with Crippen LogP contribution in [0.3, 0.4) is 0 Å². The minimum Gasteiger partial charge on any atom is -0.382 e. The quantitative estimate of drug-likeness (QED) is 0.750. The van der Waals surface area contributed by atoms with Gasteiger partial charge in [0.05, 0.1) is 11.8 Å². The Hall–Kier alpha value is -2.97. The molecule has 0 radical (unpaired) electrons. The van der Waals surface area contributed by atoms with E-state index in [2.05, 4.69) is 41.1 Å². The van der Waals surface area contributed by atoms with Crippen LogP contribution < -0.4 is 5.73 Å². The van der Waals surface area contributed by atoms with Gasteiger partial charge in [-0.05, 0) is 69.2 Å². The first kappa shape index (κ1) is 20.0. The van der Waals surface area contributed by atoms with Crippen LogP contribution in [0.15, 0.2) is 46.6 Å². The third-order valence-corrected chi connectivity index (χ3v) is 7.30. The number of amidine groups is 1. The standard InChI is InChI=1S/C26H28N4O/c1-4-5-18-12-21(16-28-15-18)19-6-7-20-14-25(10-8-22(31-3)9-11-25)26(23(20)13-19)29-17(2)24(27)30-26/h6-7,12-13,15-16,22H,8-11,14H2,1-3H3,(H2,27,30)/t22?,25?,26-/m0/s1. The summed E-state index contributed by atoms with van der Waals surface area (Å²) in [7, 11) is 1.81. The Morgan fingerprint density at radius 3 is 2.58 bits per heavy atom. The minimum absolute atomic E-state index is 0.0425. The lowest BCUT2D eigenvalue weighted by Crippen LogP contribution is -2.43. The van der Waals surface area contributed by atoms with Crippen LogP contribution in [0.25, 0.3) is 11.1 Å². The van der Waals surface area contributed by atoms with E-state index in [-0.39, 0.29) is 5.41 Å². The first-order valence-electron chi connectivity index (χ1n) is 11.0. The van der Waals surface area contributed by atoms with Crippen molar-refractivity contribution in [1.29, 1.82) is 0 Å². The number of pyridine rings is 1. The van der Waals surface area contributed by atoms with E-state index in [0.29, 0.717) is 11.9 Å². The second kappa shape index (κ2) is 7.32. The van der Waals surface area contributed by atoms with Crippen molar-refractivity contribution in [2.45, 2.75) is 57.7 Å². The highest BCUT2D eigenvalue weighted by Gasteiger charge is 2.60. The number of ether oxygens (including phenoxy) is 1.